The third-order valence-corrected chi connectivity index (χ3v) is 4.62. The zero-order valence-electron chi connectivity index (χ0n) is 14.6. The SMILES string of the molecule is COC(=O)c1ccc(C)c(NC(=O)COC(=O)CCN2CCSC2=O)c1. The second-order valence-corrected chi connectivity index (χ2v) is 6.63. The van der Waals surface area contributed by atoms with Crippen molar-refractivity contribution in [2.75, 3.05) is 37.9 Å². The first-order valence-electron chi connectivity index (χ1n) is 7.97. The summed E-state index contributed by atoms with van der Waals surface area (Å²) in [7, 11) is 1.27. The van der Waals surface area contributed by atoms with Crippen LogP contribution in [0.25, 0.3) is 0 Å². The van der Waals surface area contributed by atoms with Crippen LogP contribution in [-0.4, -0.2) is 60.5 Å². The van der Waals surface area contributed by atoms with E-state index in [-0.39, 0.29) is 18.2 Å². The van der Waals surface area contributed by atoms with Crippen molar-refractivity contribution in [1.29, 1.82) is 0 Å². The van der Waals surface area contributed by atoms with Crippen molar-refractivity contribution >= 4 is 40.5 Å². The molecule has 9 heteroatoms. The Balaban J connectivity index is 1.80. The summed E-state index contributed by atoms with van der Waals surface area (Å²) >= 11 is 1.22. The number of hydrogen-bond donors (Lipinski definition) is 1. The minimum absolute atomic E-state index is 0.0381. The normalized spacial score (nSPS) is 13.5. The molecular weight excluding hydrogens is 360 g/mol. The van der Waals surface area contributed by atoms with E-state index in [9.17, 15) is 19.2 Å². The lowest BCUT2D eigenvalue weighted by molar-refractivity contribution is -0.147. The molecule has 140 valence electrons. The fourth-order valence-corrected chi connectivity index (χ4v) is 3.11. The third kappa shape index (κ3) is 5.48. The first kappa shape index (κ1) is 19.8. The number of aryl methyl sites for hydroxylation is 1. The lowest BCUT2D eigenvalue weighted by Crippen LogP contribution is -2.28. The van der Waals surface area contributed by atoms with Crippen LogP contribution in [0.2, 0.25) is 0 Å². The van der Waals surface area contributed by atoms with Gasteiger partial charge in [0.15, 0.2) is 6.61 Å². The number of carbonyl (C=O) groups excluding carboxylic acids is 4. The van der Waals surface area contributed by atoms with Gasteiger partial charge in [0.1, 0.15) is 0 Å². The molecule has 1 N–H and O–H groups in total. The topological polar surface area (TPSA) is 102 Å². The number of anilines is 1. The predicted octanol–water partition coefficient (Wildman–Crippen LogP) is 1.82. The van der Waals surface area contributed by atoms with Crippen LogP contribution in [0.4, 0.5) is 10.5 Å². The highest BCUT2D eigenvalue weighted by Crippen LogP contribution is 2.18. The molecule has 1 aromatic rings. The van der Waals surface area contributed by atoms with Crippen molar-refractivity contribution in [3.63, 3.8) is 0 Å². The van der Waals surface area contributed by atoms with Gasteiger partial charge in [-0.15, -0.1) is 0 Å². The smallest absolute Gasteiger partial charge is 0.337 e. The molecule has 26 heavy (non-hydrogen) atoms. The van der Waals surface area contributed by atoms with Gasteiger partial charge < -0.3 is 19.7 Å². The van der Waals surface area contributed by atoms with Gasteiger partial charge in [-0.05, 0) is 24.6 Å². The van der Waals surface area contributed by atoms with Crippen molar-refractivity contribution in [2.24, 2.45) is 0 Å². The average Bonchev–Trinajstić information content (AvgIpc) is 3.04. The summed E-state index contributed by atoms with van der Waals surface area (Å²) in [4.78, 5) is 48.2. The van der Waals surface area contributed by atoms with Crippen LogP contribution in [0.3, 0.4) is 0 Å². The fourth-order valence-electron chi connectivity index (χ4n) is 2.26. The first-order valence-corrected chi connectivity index (χ1v) is 8.95. The van der Waals surface area contributed by atoms with E-state index in [1.807, 2.05) is 0 Å². The Bertz CT molecular complexity index is 721. The third-order valence-electron chi connectivity index (χ3n) is 3.73. The van der Waals surface area contributed by atoms with Crippen LogP contribution in [0.5, 0.6) is 0 Å². The quantitative estimate of drug-likeness (QED) is 0.720. The number of nitrogens with one attached hydrogen (secondary N) is 1. The van der Waals surface area contributed by atoms with Crippen LogP contribution in [0.15, 0.2) is 18.2 Å². The minimum Gasteiger partial charge on any atom is -0.465 e. The summed E-state index contributed by atoms with van der Waals surface area (Å²) in [5.41, 5.74) is 1.49. The van der Waals surface area contributed by atoms with E-state index >= 15 is 0 Å². The van der Waals surface area contributed by atoms with E-state index < -0.39 is 24.5 Å². The highest BCUT2D eigenvalue weighted by Gasteiger charge is 2.21. The predicted molar refractivity (Wildman–Crippen MR) is 96.2 cm³/mol. The van der Waals surface area contributed by atoms with Crippen LogP contribution in [0.1, 0.15) is 22.3 Å². The molecule has 1 fully saturated rings. The molecule has 8 nitrogen and oxygen atoms in total. The number of nitrogens with zero attached hydrogens (tertiary/aromatic N) is 1. The lowest BCUT2D eigenvalue weighted by atomic mass is 10.1. The van der Waals surface area contributed by atoms with Gasteiger partial charge in [-0.2, -0.15) is 0 Å². The van der Waals surface area contributed by atoms with Gasteiger partial charge in [-0.25, -0.2) is 4.79 Å². The molecule has 0 aliphatic carbocycles. The number of thioether (sulfide) groups is 1. The summed E-state index contributed by atoms with van der Waals surface area (Å²) in [6, 6.07) is 4.77. The molecule has 0 unspecified atom stereocenters. The molecule has 0 radical (unpaired) electrons. The molecule has 2 amide bonds. The van der Waals surface area contributed by atoms with Crippen molar-refractivity contribution in [2.45, 2.75) is 13.3 Å². The Kier molecular flexibility index (Phi) is 7.02. The molecule has 0 bridgehead atoms. The molecule has 1 aliphatic heterocycles. The van der Waals surface area contributed by atoms with Crippen LogP contribution in [-0.2, 0) is 19.1 Å². The number of benzene rings is 1. The molecule has 1 saturated heterocycles. The minimum atomic E-state index is -0.551. The van der Waals surface area contributed by atoms with Gasteiger partial charge in [0.05, 0.1) is 19.1 Å². The van der Waals surface area contributed by atoms with Gasteiger partial charge in [0.2, 0.25) is 0 Å². The molecule has 0 saturated carbocycles. The Morgan fingerprint density at radius 1 is 1.31 bits per heavy atom. The van der Waals surface area contributed by atoms with Crippen molar-refractivity contribution < 1.29 is 28.7 Å². The number of hydrogen-bond acceptors (Lipinski definition) is 7. The van der Waals surface area contributed by atoms with Gasteiger partial charge in [0, 0.05) is 24.5 Å². The molecular formula is C17H20N2O6S. The summed E-state index contributed by atoms with van der Waals surface area (Å²) in [6.07, 6.45) is 0.0381. The largest absolute Gasteiger partial charge is 0.465 e. The number of ether oxygens (including phenoxy) is 2. The van der Waals surface area contributed by atoms with E-state index in [2.05, 4.69) is 10.1 Å². The summed E-state index contributed by atoms with van der Waals surface area (Å²) < 4.78 is 9.56. The van der Waals surface area contributed by atoms with Crippen LogP contribution < -0.4 is 5.32 Å². The van der Waals surface area contributed by atoms with Gasteiger partial charge in [0.25, 0.3) is 11.1 Å². The molecule has 0 aromatic heterocycles. The highest BCUT2D eigenvalue weighted by atomic mass is 32.2. The highest BCUT2D eigenvalue weighted by molar-refractivity contribution is 8.13. The van der Waals surface area contributed by atoms with E-state index in [4.69, 9.17) is 4.74 Å². The first-order chi connectivity index (χ1) is 12.4. The number of rotatable bonds is 7. The van der Waals surface area contributed by atoms with Gasteiger partial charge in [-0.1, -0.05) is 17.8 Å². The lowest BCUT2D eigenvalue weighted by Gasteiger charge is -2.14. The van der Waals surface area contributed by atoms with E-state index in [1.54, 1.807) is 24.0 Å². The van der Waals surface area contributed by atoms with Crippen molar-refractivity contribution in [1.82, 2.24) is 4.90 Å². The zero-order chi connectivity index (χ0) is 19.1. The zero-order valence-corrected chi connectivity index (χ0v) is 15.4. The standard InChI is InChI=1S/C17H20N2O6S/c1-11-3-4-12(16(22)24-2)9-13(11)18-14(20)10-25-15(21)5-6-19-7-8-26-17(19)23/h3-4,9H,5-8,10H2,1-2H3,(H,18,20). The van der Waals surface area contributed by atoms with Gasteiger partial charge in [-0.3, -0.25) is 14.4 Å². The van der Waals surface area contributed by atoms with E-state index in [1.165, 1.54) is 24.9 Å². The Morgan fingerprint density at radius 3 is 2.73 bits per heavy atom. The molecule has 1 heterocycles. The monoisotopic (exact) mass is 380 g/mol. The van der Waals surface area contributed by atoms with E-state index in [0.29, 0.717) is 17.8 Å². The second kappa shape index (κ2) is 9.23. The molecule has 1 aromatic carbocycles. The maximum Gasteiger partial charge on any atom is 0.337 e. The fraction of sp³-hybridized carbons (Fsp3) is 0.412. The molecule has 1 aliphatic rings. The molecule has 0 spiro atoms. The van der Waals surface area contributed by atoms with Crippen molar-refractivity contribution in [3.8, 4) is 0 Å². The average molecular weight is 380 g/mol. The number of methoxy groups -OCH3 is 1. The number of esters is 2. The van der Waals surface area contributed by atoms with E-state index in [0.717, 1.165) is 11.3 Å². The van der Waals surface area contributed by atoms with Gasteiger partial charge >= 0.3 is 11.9 Å². The summed E-state index contributed by atoms with van der Waals surface area (Å²) in [5, 5.41) is 2.55. The Hall–Kier alpha value is -2.55. The maximum absolute atomic E-state index is 12.0. The number of amides is 2. The summed E-state index contributed by atoms with van der Waals surface area (Å²) in [5.74, 6) is -0.858. The van der Waals surface area contributed by atoms with Crippen molar-refractivity contribution in [3.05, 3.63) is 29.3 Å². The number of carbonyl (C=O) groups is 4. The second-order valence-electron chi connectivity index (χ2n) is 5.58. The Labute approximate surface area is 155 Å². The van der Waals surface area contributed by atoms with Crippen LogP contribution in [0, 0.1) is 6.92 Å². The molecule has 0 atom stereocenters. The van der Waals surface area contributed by atoms with Crippen LogP contribution >= 0.6 is 11.8 Å². The maximum atomic E-state index is 12.0. The molecule has 2 rings (SSSR count). The Morgan fingerprint density at radius 2 is 2.08 bits per heavy atom. The summed E-state index contributed by atoms with van der Waals surface area (Å²) in [6.45, 7) is 2.23.